The fourth-order valence-electron chi connectivity index (χ4n) is 3.33. The number of morpholine rings is 1. The first kappa shape index (κ1) is 21.2. The zero-order valence-electron chi connectivity index (χ0n) is 13.9. The average molecular weight is 379 g/mol. The van der Waals surface area contributed by atoms with Gasteiger partial charge in [-0.3, -0.25) is 9.48 Å². The Morgan fingerprint density at radius 3 is 2.79 bits per heavy atom. The highest BCUT2D eigenvalue weighted by Gasteiger charge is 2.25. The van der Waals surface area contributed by atoms with E-state index in [0.717, 1.165) is 26.1 Å². The van der Waals surface area contributed by atoms with Gasteiger partial charge in [-0.2, -0.15) is 5.10 Å². The summed E-state index contributed by atoms with van der Waals surface area (Å²) in [6.45, 7) is 4.95. The number of nitrogens with zero attached hydrogens (tertiary/aromatic N) is 3. The number of ether oxygens (including phenoxy) is 1. The van der Waals surface area contributed by atoms with Crippen LogP contribution < -0.4 is 5.32 Å². The molecule has 0 spiro atoms. The topological polar surface area (TPSA) is 59.4 Å². The Kier molecular flexibility index (Phi) is 9.66. The molecular formula is C16H28Cl2N4O2. The minimum Gasteiger partial charge on any atom is -0.373 e. The predicted molar refractivity (Wildman–Crippen MR) is 97.9 cm³/mol. The van der Waals surface area contributed by atoms with Crippen molar-refractivity contribution < 1.29 is 9.53 Å². The molecule has 1 unspecified atom stereocenters. The van der Waals surface area contributed by atoms with Crippen LogP contribution in [0.3, 0.4) is 0 Å². The highest BCUT2D eigenvalue weighted by Crippen LogP contribution is 2.19. The van der Waals surface area contributed by atoms with Crippen LogP contribution in [0.2, 0.25) is 0 Å². The lowest BCUT2D eigenvalue weighted by Crippen LogP contribution is -2.47. The Balaban J connectivity index is 0.00000144. The van der Waals surface area contributed by atoms with Crippen LogP contribution in [0.1, 0.15) is 25.7 Å². The fourth-order valence-corrected chi connectivity index (χ4v) is 3.33. The van der Waals surface area contributed by atoms with E-state index in [1.54, 1.807) is 6.20 Å². The van der Waals surface area contributed by atoms with Gasteiger partial charge < -0.3 is 15.0 Å². The molecule has 1 aromatic heterocycles. The van der Waals surface area contributed by atoms with Crippen molar-refractivity contribution in [1.29, 1.82) is 0 Å². The molecule has 2 fully saturated rings. The van der Waals surface area contributed by atoms with Crippen molar-refractivity contribution in [2.24, 2.45) is 5.92 Å². The number of hydrogen-bond donors (Lipinski definition) is 1. The van der Waals surface area contributed by atoms with Gasteiger partial charge in [-0.1, -0.05) is 0 Å². The Hall–Kier alpha value is -0.820. The maximum Gasteiger partial charge on any atom is 0.222 e. The SMILES string of the molecule is Cl.Cl.O=C(CCC1CCNCC1)N1CCOC(Cn2cccn2)C1. The number of halogens is 2. The molecule has 0 aliphatic carbocycles. The Labute approximate surface area is 156 Å². The highest BCUT2D eigenvalue weighted by molar-refractivity contribution is 5.85. The second-order valence-corrected chi connectivity index (χ2v) is 6.29. The van der Waals surface area contributed by atoms with Crippen molar-refractivity contribution >= 4 is 30.7 Å². The van der Waals surface area contributed by atoms with Gasteiger partial charge in [0.2, 0.25) is 5.91 Å². The molecule has 3 rings (SSSR count). The molecule has 2 aliphatic heterocycles. The summed E-state index contributed by atoms with van der Waals surface area (Å²) in [7, 11) is 0. The molecule has 0 bridgehead atoms. The third-order valence-corrected chi connectivity index (χ3v) is 4.67. The number of carbonyl (C=O) groups excluding carboxylic acids is 1. The van der Waals surface area contributed by atoms with Crippen LogP contribution in [0.25, 0.3) is 0 Å². The molecule has 138 valence electrons. The van der Waals surface area contributed by atoms with Gasteiger partial charge in [0.1, 0.15) is 0 Å². The summed E-state index contributed by atoms with van der Waals surface area (Å²) in [5.74, 6) is 0.999. The largest absolute Gasteiger partial charge is 0.373 e. The van der Waals surface area contributed by atoms with Crippen LogP contribution in [-0.2, 0) is 16.1 Å². The van der Waals surface area contributed by atoms with Gasteiger partial charge in [-0.05, 0) is 44.3 Å². The predicted octanol–water partition coefficient (Wildman–Crippen LogP) is 1.73. The van der Waals surface area contributed by atoms with E-state index in [-0.39, 0.29) is 36.8 Å². The number of amides is 1. The first-order valence-electron chi connectivity index (χ1n) is 8.39. The minimum absolute atomic E-state index is 0. The van der Waals surface area contributed by atoms with Crippen molar-refractivity contribution in [1.82, 2.24) is 20.0 Å². The van der Waals surface area contributed by atoms with Gasteiger partial charge in [-0.15, -0.1) is 24.8 Å². The lowest BCUT2D eigenvalue weighted by atomic mass is 9.93. The van der Waals surface area contributed by atoms with Gasteiger partial charge in [0.25, 0.3) is 0 Å². The van der Waals surface area contributed by atoms with Crippen LogP contribution in [0.4, 0.5) is 0 Å². The van der Waals surface area contributed by atoms with Crippen molar-refractivity contribution in [3.8, 4) is 0 Å². The van der Waals surface area contributed by atoms with E-state index in [0.29, 0.717) is 32.0 Å². The molecule has 1 aromatic rings. The van der Waals surface area contributed by atoms with E-state index < -0.39 is 0 Å². The normalized spacial score (nSPS) is 21.7. The molecule has 0 aromatic carbocycles. The maximum atomic E-state index is 12.4. The number of carbonyl (C=O) groups is 1. The molecule has 2 saturated heterocycles. The van der Waals surface area contributed by atoms with E-state index in [4.69, 9.17) is 4.74 Å². The quantitative estimate of drug-likeness (QED) is 0.847. The van der Waals surface area contributed by atoms with E-state index >= 15 is 0 Å². The van der Waals surface area contributed by atoms with Crippen LogP contribution in [-0.4, -0.2) is 59.5 Å². The number of hydrogen-bond acceptors (Lipinski definition) is 4. The fraction of sp³-hybridized carbons (Fsp3) is 0.750. The first-order chi connectivity index (χ1) is 10.8. The summed E-state index contributed by atoms with van der Waals surface area (Å²) in [5.41, 5.74) is 0. The molecule has 0 radical (unpaired) electrons. The summed E-state index contributed by atoms with van der Waals surface area (Å²) in [5, 5.41) is 7.58. The van der Waals surface area contributed by atoms with Crippen LogP contribution in [0, 0.1) is 5.92 Å². The third-order valence-electron chi connectivity index (χ3n) is 4.67. The molecule has 0 saturated carbocycles. The smallest absolute Gasteiger partial charge is 0.222 e. The Morgan fingerprint density at radius 2 is 2.08 bits per heavy atom. The van der Waals surface area contributed by atoms with Gasteiger partial charge in [0.05, 0.1) is 19.3 Å². The number of nitrogens with one attached hydrogen (secondary N) is 1. The average Bonchev–Trinajstić information content (AvgIpc) is 3.07. The van der Waals surface area contributed by atoms with Crippen LogP contribution in [0.15, 0.2) is 18.5 Å². The second kappa shape index (κ2) is 10.9. The van der Waals surface area contributed by atoms with Gasteiger partial charge in [0, 0.05) is 31.9 Å². The summed E-state index contributed by atoms with van der Waals surface area (Å²) in [6.07, 6.45) is 7.88. The van der Waals surface area contributed by atoms with Crippen LogP contribution in [0.5, 0.6) is 0 Å². The van der Waals surface area contributed by atoms with E-state index in [1.807, 2.05) is 21.8 Å². The van der Waals surface area contributed by atoms with Crippen LogP contribution >= 0.6 is 24.8 Å². The molecule has 1 amide bonds. The van der Waals surface area contributed by atoms with Gasteiger partial charge in [-0.25, -0.2) is 0 Å². The minimum atomic E-state index is 0. The van der Waals surface area contributed by atoms with Crippen molar-refractivity contribution in [2.45, 2.75) is 38.3 Å². The molecule has 6 nitrogen and oxygen atoms in total. The standard InChI is InChI=1S/C16H26N4O2.2ClH/c21-16(3-2-14-4-7-17-8-5-14)19-10-11-22-15(12-19)13-20-9-1-6-18-20;;/h1,6,9,14-15,17H,2-5,7-8,10-13H2;2*1H. The number of aromatic nitrogens is 2. The molecule has 24 heavy (non-hydrogen) atoms. The lowest BCUT2D eigenvalue weighted by Gasteiger charge is -2.33. The monoisotopic (exact) mass is 378 g/mol. The summed E-state index contributed by atoms with van der Waals surface area (Å²) in [6, 6.07) is 1.91. The Morgan fingerprint density at radius 1 is 1.29 bits per heavy atom. The summed E-state index contributed by atoms with van der Waals surface area (Å²) in [4.78, 5) is 14.4. The third kappa shape index (κ3) is 6.24. The number of rotatable bonds is 5. The zero-order chi connectivity index (χ0) is 15.2. The molecule has 1 N–H and O–H groups in total. The molecule has 2 aliphatic rings. The van der Waals surface area contributed by atoms with Crippen molar-refractivity contribution in [3.63, 3.8) is 0 Å². The second-order valence-electron chi connectivity index (χ2n) is 6.29. The molecular weight excluding hydrogens is 351 g/mol. The van der Waals surface area contributed by atoms with Crippen molar-refractivity contribution in [3.05, 3.63) is 18.5 Å². The highest BCUT2D eigenvalue weighted by atomic mass is 35.5. The maximum absolute atomic E-state index is 12.4. The van der Waals surface area contributed by atoms with E-state index in [1.165, 1.54) is 12.8 Å². The van der Waals surface area contributed by atoms with E-state index in [2.05, 4.69) is 10.4 Å². The first-order valence-corrected chi connectivity index (χ1v) is 8.39. The van der Waals surface area contributed by atoms with Gasteiger partial charge in [0.15, 0.2) is 0 Å². The zero-order valence-corrected chi connectivity index (χ0v) is 15.6. The summed E-state index contributed by atoms with van der Waals surface area (Å²) < 4.78 is 7.63. The van der Waals surface area contributed by atoms with E-state index in [9.17, 15) is 4.79 Å². The summed E-state index contributed by atoms with van der Waals surface area (Å²) >= 11 is 0. The van der Waals surface area contributed by atoms with Gasteiger partial charge >= 0.3 is 0 Å². The number of piperidine rings is 1. The molecule has 8 heteroatoms. The molecule has 3 heterocycles. The Bertz CT molecular complexity index is 467. The lowest BCUT2D eigenvalue weighted by molar-refractivity contribution is -0.139. The molecule has 1 atom stereocenters. The van der Waals surface area contributed by atoms with Crippen molar-refractivity contribution in [2.75, 3.05) is 32.8 Å².